The first-order valence-corrected chi connectivity index (χ1v) is 20.5. The predicted molar refractivity (Wildman–Crippen MR) is 251 cm³/mol. The summed E-state index contributed by atoms with van der Waals surface area (Å²) in [6.07, 6.45) is 0. The Hall–Kier alpha value is -9.48. The van der Waals surface area contributed by atoms with E-state index in [4.69, 9.17) is 6.57 Å². The Kier molecular flexibility index (Phi) is 10.0. The molecule has 0 spiro atoms. The minimum Gasteiger partial charge on any atom is -0.307 e. The summed E-state index contributed by atoms with van der Waals surface area (Å²) >= 11 is 0. The molecule has 0 amide bonds. The fraction of sp³-hybridized carbons (Fsp3) is 0. The summed E-state index contributed by atoms with van der Waals surface area (Å²) in [6, 6.07) is 51.3. The molecular formula is C56H28F4N6. The van der Waals surface area contributed by atoms with Crippen LogP contribution in [-0.2, 0) is 0 Å². The molecule has 0 saturated heterocycles. The maximum absolute atomic E-state index is 16.7. The Morgan fingerprint density at radius 3 is 1.14 bits per heavy atom. The van der Waals surface area contributed by atoms with E-state index in [1.807, 2.05) is 60.7 Å². The Labute approximate surface area is 375 Å². The number of hydrogen-bond donors (Lipinski definition) is 0. The zero-order valence-corrected chi connectivity index (χ0v) is 34.4. The standard InChI is InChI=1S/C56H28F4N6/c1-64-40-16-20-42(21-17-40)66(54-29-48(58)46(27-50(54)60)37-10-4-34(31-62)5-11-37)52-25-15-39-12-22-43-51(24-14-38-13-23-44(52)56(39)55(38)43)65(41-18-6-35(32-63)7-19-41)53-28-47(57)45(26-49(53)59)36-8-2-33(30-61)3-9-36/h2-29H. The van der Waals surface area contributed by atoms with Crippen molar-refractivity contribution < 1.29 is 17.6 Å². The van der Waals surface area contributed by atoms with Crippen molar-refractivity contribution in [1.82, 2.24) is 0 Å². The molecule has 0 fully saturated rings. The topological polar surface area (TPSA) is 82.2 Å². The van der Waals surface area contributed by atoms with Crippen LogP contribution < -0.4 is 9.80 Å². The molecule has 0 saturated carbocycles. The highest BCUT2D eigenvalue weighted by molar-refractivity contribution is 6.28. The van der Waals surface area contributed by atoms with Crippen molar-refractivity contribution in [1.29, 1.82) is 15.8 Å². The van der Waals surface area contributed by atoms with Crippen LogP contribution in [0.15, 0.2) is 170 Å². The number of rotatable bonds is 8. The third kappa shape index (κ3) is 6.89. The molecule has 66 heavy (non-hydrogen) atoms. The highest BCUT2D eigenvalue weighted by Gasteiger charge is 2.26. The third-order valence-corrected chi connectivity index (χ3v) is 11.8. The normalized spacial score (nSPS) is 11.0. The van der Waals surface area contributed by atoms with Gasteiger partial charge in [0.25, 0.3) is 0 Å². The fourth-order valence-electron chi connectivity index (χ4n) is 8.64. The molecule has 0 aliphatic heterocycles. The van der Waals surface area contributed by atoms with Gasteiger partial charge in [-0.15, -0.1) is 0 Å². The van der Waals surface area contributed by atoms with Crippen molar-refractivity contribution in [3.63, 3.8) is 0 Å². The molecule has 310 valence electrons. The van der Waals surface area contributed by atoms with Crippen molar-refractivity contribution in [2.45, 2.75) is 0 Å². The Balaban J connectivity index is 1.18. The number of nitriles is 3. The summed E-state index contributed by atoms with van der Waals surface area (Å²) in [5, 5.41) is 32.7. The molecule has 10 heteroatoms. The zero-order valence-electron chi connectivity index (χ0n) is 34.4. The zero-order chi connectivity index (χ0) is 45.6. The molecule has 0 aromatic heterocycles. The molecule has 0 N–H and O–H groups in total. The highest BCUT2D eigenvalue weighted by atomic mass is 19.1. The van der Waals surface area contributed by atoms with Gasteiger partial charge in [-0.1, -0.05) is 72.8 Å². The number of halogens is 4. The van der Waals surface area contributed by atoms with E-state index in [1.165, 1.54) is 24.3 Å². The van der Waals surface area contributed by atoms with Crippen LogP contribution in [0.2, 0.25) is 0 Å². The predicted octanol–water partition coefficient (Wildman–Crippen LogP) is 15.6. The smallest absolute Gasteiger partial charge is 0.187 e. The van der Waals surface area contributed by atoms with Gasteiger partial charge in [0.1, 0.15) is 23.3 Å². The second-order valence-corrected chi connectivity index (χ2v) is 15.5. The summed E-state index contributed by atoms with van der Waals surface area (Å²) < 4.78 is 66.1. The molecule has 0 heterocycles. The SMILES string of the molecule is [C-]#[N+]c1ccc(N(c2cc(F)c(-c3ccc(C#N)cc3)cc2F)c2ccc3ccc4c(N(c5ccc(C#N)cc5)c5cc(F)c(-c6ccc(C#N)cc6)cc5F)ccc5ccc2c3c54)cc1. The van der Waals surface area contributed by atoms with Gasteiger partial charge in [-0.25, -0.2) is 22.4 Å². The van der Waals surface area contributed by atoms with Crippen molar-refractivity contribution in [2.75, 3.05) is 9.80 Å². The first kappa shape index (κ1) is 40.6. The van der Waals surface area contributed by atoms with Gasteiger partial charge < -0.3 is 9.80 Å². The van der Waals surface area contributed by atoms with Gasteiger partial charge in [0.05, 0.1) is 64.2 Å². The van der Waals surface area contributed by atoms with Crippen LogP contribution in [0.4, 0.5) is 57.4 Å². The van der Waals surface area contributed by atoms with Gasteiger partial charge in [-0.05, 0) is 118 Å². The molecule has 0 unspecified atom stereocenters. The largest absolute Gasteiger partial charge is 0.307 e. The molecule has 0 aliphatic rings. The summed E-state index contributed by atoms with van der Waals surface area (Å²) in [6.45, 7) is 7.55. The van der Waals surface area contributed by atoms with Crippen LogP contribution >= 0.6 is 0 Å². The first-order chi connectivity index (χ1) is 32.2. The van der Waals surface area contributed by atoms with Gasteiger partial charge in [-0.3, -0.25) is 0 Å². The fourth-order valence-corrected chi connectivity index (χ4v) is 8.64. The van der Waals surface area contributed by atoms with Crippen molar-refractivity contribution >= 4 is 72.1 Å². The lowest BCUT2D eigenvalue weighted by atomic mass is 9.91. The van der Waals surface area contributed by atoms with Gasteiger partial charge in [0.15, 0.2) is 5.69 Å². The van der Waals surface area contributed by atoms with Gasteiger partial charge in [0, 0.05) is 45.4 Å². The summed E-state index contributed by atoms with van der Waals surface area (Å²) in [5.41, 5.74) is 4.00. The van der Waals surface area contributed by atoms with E-state index in [1.54, 1.807) is 82.6 Å². The number of nitrogens with zero attached hydrogens (tertiary/aromatic N) is 6. The molecule has 0 bridgehead atoms. The minimum absolute atomic E-state index is 0.0110. The number of anilines is 6. The van der Waals surface area contributed by atoms with Crippen LogP contribution in [-0.4, -0.2) is 0 Å². The molecule has 10 aromatic rings. The first-order valence-electron chi connectivity index (χ1n) is 20.5. The van der Waals surface area contributed by atoms with Gasteiger partial charge >= 0.3 is 0 Å². The Morgan fingerprint density at radius 2 is 0.758 bits per heavy atom. The number of hydrogen-bond acceptors (Lipinski definition) is 5. The molecule has 0 aliphatic carbocycles. The molecule has 10 aromatic carbocycles. The van der Waals surface area contributed by atoms with Crippen molar-refractivity contribution in [2.24, 2.45) is 0 Å². The highest BCUT2D eigenvalue weighted by Crippen LogP contribution is 2.49. The Morgan fingerprint density at radius 1 is 0.394 bits per heavy atom. The third-order valence-electron chi connectivity index (χ3n) is 11.8. The minimum atomic E-state index is -0.729. The van der Waals surface area contributed by atoms with E-state index in [9.17, 15) is 15.8 Å². The van der Waals surface area contributed by atoms with E-state index in [2.05, 4.69) is 10.9 Å². The maximum Gasteiger partial charge on any atom is 0.187 e. The molecule has 6 nitrogen and oxygen atoms in total. The van der Waals surface area contributed by atoms with Crippen LogP contribution in [0, 0.1) is 63.8 Å². The summed E-state index contributed by atoms with van der Waals surface area (Å²) in [4.78, 5) is 6.74. The monoisotopic (exact) mass is 860 g/mol. The second kappa shape index (κ2) is 16.3. The van der Waals surface area contributed by atoms with E-state index >= 15 is 17.6 Å². The quantitative estimate of drug-likeness (QED) is 0.0863. The van der Waals surface area contributed by atoms with E-state index in [-0.39, 0.29) is 22.5 Å². The molecule has 0 radical (unpaired) electrons. The average Bonchev–Trinajstić information content (AvgIpc) is 3.36. The van der Waals surface area contributed by atoms with Crippen LogP contribution in [0.5, 0.6) is 0 Å². The van der Waals surface area contributed by atoms with Crippen LogP contribution in [0.3, 0.4) is 0 Å². The summed E-state index contributed by atoms with van der Waals surface area (Å²) in [5.74, 6) is -2.85. The Bertz CT molecular complexity index is 3480. The van der Waals surface area contributed by atoms with Crippen molar-refractivity contribution in [3.05, 3.63) is 221 Å². The van der Waals surface area contributed by atoms with Crippen LogP contribution in [0.1, 0.15) is 16.7 Å². The van der Waals surface area contributed by atoms with Gasteiger partial charge in [-0.2, -0.15) is 15.8 Å². The van der Waals surface area contributed by atoms with Crippen molar-refractivity contribution in [3.8, 4) is 40.5 Å². The van der Waals surface area contributed by atoms with E-state index in [0.29, 0.717) is 67.0 Å². The molecule has 10 rings (SSSR count). The lowest BCUT2D eigenvalue weighted by Crippen LogP contribution is -2.14. The van der Waals surface area contributed by atoms with E-state index in [0.717, 1.165) is 45.8 Å². The molecular weight excluding hydrogens is 833 g/mol. The maximum atomic E-state index is 16.7. The van der Waals surface area contributed by atoms with E-state index < -0.39 is 23.3 Å². The lowest BCUT2D eigenvalue weighted by Gasteiger charge is -2.30. The number of benzene rings is 10. The summed E-state index contributed by atoms with van der Waals surface area (Å²) in [7, 11) is 0. The van der Waals surface area contributed by atoms with Gasteiger partial charge in [0.2, 0.25) is 0 Å². The van der Waals surface area contributed by atoms with Crippen LogP contribution in [0.25, 0.3) is 59.4 Å². The average molecular weight is 861 g/mol. The molecule has 0 atom stereocenters. The second-order valence-electron chi connectivity index (χ2n) is 15.5. The lowest BCUT2D eigenvalue weighted by molar-refractivity contribution is 0.604.